The fourth-order valence-corrected chi connectivity index (χ4v) is 2.01. The summed E-state index contributed by atoms with van der Waals surface area (Å²) in [6, 6.07) is 10.2. The van der Waals surface area contributed by atoms with Crippen LogP contribution in [0.25, 0.3) is 0 Å². The van der Waals surface area contributed by atoms with Crippen LogP contribution in [-0.4, -0.2) is 10.1 Å². The Morgan fingerprint density at radius 2 is 1.78 bits per heavy atom. The molecule has 94 valence electrons. The molecule has 0 spiro atoms. The van der Waals surface area contributed by atoms with Crippen molar-refractivity contribution < 1.29 is 5.11 Å². The minimum Gasteiger partial charge on any atom is -0.386 e. The second-order valence-electron chi connectivity index (χ2n) is 4.91. The van der Waals surface area contributed by atoms with E-state index in [0.29, 0.717) is 6.42 Å². The number of rotatable bonds is 3. The van der Waals surface area contributed by atoms with E-state index in [0.717, 1.165) is 11.3 Å². The zero-order chi connectivity index (χ0) is 13.1. The maximum Gasteiger partial charge on any atom is 0.1000 e. The lowest BCUT2D eigenvalue weighted by atomic mass is 9.98. The van der Waals surface area contributed by atoms with Crippen molar-refractivity contribution in [2.75, 3.05) is 0 Å². The third-order valence-electron chi connectivity index (χ3n) is 3.19. The van der Waals surface area contributed by atoms with E-state index in [9.17, 15) is 5.11 Å². The Labute approximate surface area is 108 Å². The predicted octanol–water partition coefficient (Wildman–Crippen LogP) is 3.28. The van der Waals surface area contributed by atoms with Crippen LogP contribution >= 0.6 is 0 Å². The molecule has 1 atom stereocenters. The Morgan fingerprint density at radius 3 is 2.44 bits per heavy atom. The molecule has 0 aliphatic heterocycles. The van der Waals surface area contributed by atoms with Crippen LogP contribution in [0.5, 0.6) is 0 Å². The molecule has 0 aliphatic carbocycles. The van der Waals surface area contributed by atoms with Gasteiger partial charge in [0.1, 0.15) is 0 Å². The summed E-state index contributed by atoms with van der Waals surface area (Å²) in [6.45, 7) is 6.14. The summed E-state index contributed by atoms with van der Waals surface area (Å²) in [4.78, 5) is 4.28. The third kappa shape index (κ3) is 2.96. The maximum atomic E-state index is 10.2. The molecule has 0 fully saturated rings. The van der Waals surface area contributed by atoms with Gasteiger partial charge in [0, 0.05) is 12.6 Å². The Balaban J connectivity index is 2.18. The minimum atomic E-state index is -0.536. The first-order valence-corrected chi connectivity index (χ1v) is 6.23. The number of aliphatic hydroxyl groups excluding tert-OH is 1. The smallest absolute Gasteiger partial charge is 0.1000 e. The van der Waals surface area contributed by atoms with Crippen LogP contribution in [0.2, 0.25) is 0 Å². The number of nitrogens with zero attached hydrogens (tertiary/aromatic N) is 1. The summed E-state index contributed by atoms with van der Waals surface area (Å²) >= 11 is 0. The van der Waals surface area contributed by atoms with Gasteiger partial charge in [-0.3, -0.25) is 4.98 Å². The quantitative estimate of drug-likeness (QED) is 0.894. The van der Waals surface area contributed by atoms with E-state index in [-0.39, 0.29) is 0 Å². The van der Waals surface area contributed by atoms with Crippen molar-refractivity contribution in [3.63, 3.8) is 0 Å². The van der Waals surface area contributed by atoms with Crippen LogP contribution < -0.4 is 0 Å². The van der Waals surface area contributed by atoms with Gasteiger partial charge in [-0.2, -0.15) is 0 Å². The normalized spacial score (nSPS) is 12.4. The fourth-order valence-electron chi connectivity index (χ4n) is 2.01. The van der Waals surface area contributed by atoms with Gasteiger partial charge < -0.3 is 5.11 Å². The van der Waals surface area contributed by atoms with E-state index in [1.807, 2.05) is 19.1 Å². The van der Waals surface area contributed by atoms with Gasteiger partial charge in [-0.25, -0.2) is 0 Å². The topological polar surface area (TPSA) is 33.1 Å². The molecule has 1 aromatic heterocycles. The van der Waals surface area contributed by atoms with E-state index in [4.69, 9.17) is 0 Å². The van der Waals surface area contributed by atoms with Gasteiger partial charge >= 0.3 is 0 Å². The highest BCUT2D eigenvalue weighted by atomic mass is 16.3. The summed E-state index contributed by atoms with van der Waals surface area (Å²) in [6.07, 6.45) is 1.87. The molecule has 1 N–H and O–H groups in total. The summed E-state index contributed by atoms with van der Waals surface area (Å²) in [5.74, 6) is 0. The van der Waals surface area contributed by atoms with Gasteiger partial charge in [0.25, 0.3) is 0 Å². The van der Waals surface area contributed by atoms with Crippen molar-refractivity contribution in [3.05, 3.63) is 64.5 Å². The third-order valence-corrected chi connectivity index (χ3v) is 3.19. The van der Waals surface area contributed by atoms with Crippen molar-refractivity contribution in [2.24, 2.45) is 0 Å². The minimum absolute atomic E-state index is 0.536. The average molecular weight is 241 g/mol. The summed E-state index contributed by atoms with van der Waals surface area (Å²) < 4.78 is 0. The lowest BCUT2D eigenvalue weighted by molar-refractivity contribution is 0.173. The van der Waals surface area contributed by atoms with E-state index in [1.165, 1.54) is 16.7 Å². The van der Waals surface area contributed by atoms with E-state index >= 15 is 0 Å². The van der Waals surface area contributed by atoms with Crippen molar-refractivity contribution in [1.29, 1.82) is 0 Å². The van der Waals surface area contributed by atoms with Gasteiger partial charge in [0.05, 0.1) is 11.8 Å². The second-order valence-corrected chi connectivity index (χ2v) is 4.91. The van der Waals surface area contributed by atoms with Crippen LogP contribution in [0.1, 0.15) is 34.1 Å². The van der Waals surface area contributed by atoms with Crippen LogP contribution in [0.4, 0.5) is 0 Å². The number of pyridine rings is 1. The molecule has 2 nitrogen and oxygen atoms in total. The Bertz CT molecular complexity index is 531. The Kier molecular flexibility index (Phi) is 3.78. The average Bonchev–Trinajstić information content (AvgIpc) is 2.34. The van der Waals surface area contributed by atoms with Crippen molar-refractivity contribution in [1.82, 2.24) is 4.98 Å². The fraction of sp³-hybridized carbons (Fsp3) is 0.312. The number of benzene rings is 1. The number of aryl methyl sites for hydroxylation is 3. The molecule has 0 saturated carbocycles. The molecular weight excluding hydrogens is 222 g/mol. The summed E-state index contributed by atoms with van der Waals surface area (Å²) in [5, 5.41) is 10.2. The molecule has 18 heavy (non-hydrogen) atoms. The molecule has 2 heteroatoms. The van der Waals surface area contributed by atoms with Crippen molar-refractivity contribution >= 4 is 0 Å². The largest absolute Gasteiger partial charge is 0.386 e. The van der Waals surface area contributed by atoms with Crippen LogP contribution in [0, 0.1) is 20.8 Å². The van der Waals surface area contributed by atoms with Gasteiger partial charge in [0.15, 0.2) is 0 Å². The molecule has 1 unspecified atom stereocenters. The van der Waals surface area contributed by atoms with E-state index < -0.39 is 6.10 Å². The van der Waals surface area contributed by atoms with Crippen LogP contribution in [-0.2, 0) is 6.42 Å². The molecule has 1 aromatic carbocycles. The zero-order valence-electron chi connectivity index (χ0n) is 11.1. The molecule has 1 heterocycles. The van der Waals surface area contributed by atoms with Gasteiger partial charge in [-0.05, 0) is 43.5 Å². The number of hydrogen-bond acceptors (Lipinski definition) is 2. The standard InChI is InChI=1S/C16H19NO/c1-11-4-6-13(3)14(8-11)9-16(18)15-7-5-12(2)10-17-15/h4-8,10,16,18H,9H2,1-3H3. The SMILES string of the molecule is Cc1ccc(C(O)Cc2cc(C)ccc2C)nc1. The number of aromatic nitrogens is 1. The van der Waals surface area contributed by atoms with Gasteiger partial charge in [-0.1, -0.05) is 29.8 Å². The molecule has 0 radical (unpaired) electrons. The Hall–Kier alpha value is -1.67. The highest BCUT2D eigenvalue weighted by molar-refractivity contribution is 5.31. The molecule has 0 bridgehead atoms. The van der Waals surface area contributed by atoms with Crippen molar-refractivity contribution in [2.45, 2.75) is 33.3 Å². The predicted molar refractivity (Wildman–Crippen MR) is 73.6 cm³/mol. The Morgan fingerprint density at radius 1 is 1.06 bits per heavy atom. The van der Waals surface area contributed by atoms with E-state index in [1.54, 1.807) is 6.20 Å². The lowest BCUT2D eigenvalue weighted by Gasteiger charge is -2.13. The highest BCUT2D eigenvalue weighted by Gasteiger charge is 2.11. The second kappa shape index (κ2) is 5.32. The van der Waals surface area contributed by atoms with Crippen LogP contribution in [0.15, 0.2) is 36.5 Å². The first-order valence-electron chi connectivity index (χ1n) is 6.23. The number of aliphatic hydroxyl groups is 1. The monoisotopic (exact) mass is 241 g/mol. The molecule has 0 saturated heterocycles. The van der Waals surface area contributed by atoms with Crippen LogP contribution in [0.3, 0.4) is 0 Å². The molecular formula is C16H19NO. The summed E-state index contributed by atoms with van der Waals surface area (Å²) in [7, 11) is 0. The van der Waals surface area contributed by atoms with E-state index in [2.05, 4.69) is 37.0 Å². The van der Waals surface area contributed by atoms with Gasteiger partial charge in [0.2, 0.25) is 0 Å². The van der Waals surface area contributed by atoms with Gasteiger partial charge in [-0.15, -0.1) is 0 Å². The first-order chi connectivity index (χ1) is 8.56. The lowest BCUT2D eigenvalue weighted by Crippen LogP contribution is -2.05. The highest BCUT2D eigenvalue weighted by Crippen LogP contribution is 2.20. The summed E-state index contributed by atoms with van der Waals surface area (Å²) in [5.41, 5.74) is 5.47. The molecule has 0 aliphatic rings. The molecule has 2 rings (SSSR count). The molecule has 0 amide bonds. The van der Waals surface area contributed by atoms with Crippen molar-refractivity contribution in [3.8, 4) is 0 Å². The maximum absolute atomic E-state index is 10.2. The zero-order valence-corrected chi connectivity index (χ0v) is 11.1. The first kappa shape index (κ1) is 12.8. The molecule has 2 aromatic rings. The number of hydrogen-bond donors (Lipinski definition) is 1.